The van der Waals surface area contributed by atoms with Gasteiger partial charge in [0.25, 0.3) is 0 Å². The standard InChI is InChI=1S/C15H23N3O3S/c1-4-11-18(22(3,20)21)13-8-15(19)17(2)12-7-14-5-9-16-10-6-14/h4-6,9-10H,1,7-8,11-13H2,2-3H3. The van der Waals surface area contributed by atoms with Gasteiger partial charge in [0.15, 0.2) is 0 Å². The number of sulfonamides is 1. The largest absolute Gasteiger partial charge is 0.345 e. The lowest BCUT2D eigenvalue weighted by Crippen LogP contribution is -2.36. The van der Waals surface area contributed by atoms with Crippen molar-refractivity contribution in [2.45, 2.75) is 12.8 Å². The Kier molecular flexibility index (Phi) is 7.20. The summed E-state index contributed by atoms with van der Waals surface area (Å²) in [6.07, 6.45) is 6.99. The van der Waals surface area contributed by atoms with E-state index in [1.54, 1.807) is 24.3 Å². The predicted octanol–water partition coefficient (Wildman–Crippen LogP) is 0.920. The fourth-order valence-corrected chi connectivity index (χ4v) is 2.72. The monoisotopic (exact) mass is 325 g/mol. The fourth-order valence-electron chi connectivity index (χ4n) is 1.92. The van der Waals surface area contributed by atoms with Crippen LogP contribution in [-0.4, -0.2) is 61.5 Å². The highest BCUT2D eigenvalue weighted by atomic mass is 32.2. The van der Waals surface area contributed by atoms with Crippen molar-refractivity contribution >= 4 is 15.9 Å². The van der Waals surface area contributed by atoms with Crippen LogP contribution in [0.3, 0.4) is 0 Å². The molecule has 7 heteroatoms. The zero-order chi connectivity index (χ0) is 16.6. The van der Waals surface area contributed by atoms with Gasteiger partial charge in [-0.25, -0.2) is 8.42 Å². The van der Waals surface area contributed by atoms with Crippen molar-refractivity contribution in [1.29, 1.82) is 0 Å². The molecule has 0 unspecified atom stereocenters. The van der Waals surface area contributed by atoms with E-state index in [9.17, 15) is 13.2 Å². The van der Waals surface area contributed by atoms with Crippen molar-refractivity contribution in [3.05, 3.63) is 42.7 Å². The van der Waals surface area contributed by atoms with Crippen LogP contribution in [0.2, 0.25) is 0 Å². The minimum atomic E-state index is -3.32. The molecule has 1 rings (SSSR count). The molecule has 122 valence electrons. The van der Waals surface area contributed by atoms with E-state index in [2.05, 4.69) is 11.6 Å². The van der Waals surface area contributed by atoms with Gasteiger partial charge >= 0.3 is 0 Å². The van der Waals surface area contributed by atoms with Crippen molar-refractivity contribution < 1.29 is 13.2 Å². The number of carbonyl (C=O) groups excluding carboxylic acids is 1. The van der Waals surface area contributed by atoms with Gasteiger partial charge in [-0.3, -0.25) is 9.78 Å². The van der Waals surface area contributed by atoms with Gasteiger partial charge in [-0.1, -0.05) is 6.08 Å². The van der Waals surface area contributed by atoms with Gasteiger partial charge in [-0.15, -0.1) is 6.58 Å². The van der Waals surface area contributed by atoms with Crippen molar-refractivity contribution in [3.63, 3.8) is 0 Å². The number of pyridine rings is 1. The van der Waals surface area contributed by atoms with E-state index in [1.165, 1.54) is 10.4 Å². The number of amides is 1. The number of hydrogen-bond donors (Lipinski definition) is 0. The first kappa shape index (κ1) is 18.3. The van der Waals surface area contributed by atoms with E-state index in [4.69, 9.17) is 0 Å². The molecule has 0 aliphatic heterocycles. The molecule has 0 spiro atoms. The molecular weight excluding hydrogens is 302 g/mol. The number of likely N-dealkylation sites (N-methyl/N-ethyl adjacent to an activating group) is 1. The molecule has 1 amide bonds. The van der Waals surface area contributed by atoms with E-state index in [-0.39, 0.29) is 25.4 Å². The Bertz CT molecular complexity index is 587. The Labute approximate surface area is 132 Å². The minimum absolute atomic E-state index is 0.0771. The van der Waals surface area contributed by atoms with Crippen LogP contribution in [-0.2, 0) is 21.2 Å². The predicted molar refractivity (Wildman–Crippen MR) is 86.8 cm³/mol. The average Bonchev–Trinajstić information content (AvgIpc) is 2.48. The number of nitrogens with zero attached hydrogens (tertiary/aromatic N) is 3. The number of rotatable bonds is 9. The highest BCUT2D eigenvalue weighted by Gasteiger charge is 2.17. The lowest BCUT2D eigenvalue weighted by molar-refractivity contribution is -0.129. The van der Waals surface area contributed by atoms with Crippen molar-refractivity contribution in [2.24, 2.45) is 0 Å². The highest BCUT2D eigenvalue weighted by molar-refractivity contribution is 7.88. The zero-order valence-electron chi connectivity index (χ0n) is 13.1. The molecule has 1 aromatic heterocycles. The third kappa shape index (κ3) is 6.36. The van der Waals surface area contributed by atoms with Crippen molar-refractivity contribution in [3.8, 4) is 0 Å². The third-order valence-electron chi connectivity index (χ3n) is 3.29. The van der Waals surface area contributed by atoms with E-state index in [0.717, 1.165) is 18.2 Å². The molecule has 0 atom stereocenters. The molecule has 0 aromatic carbocycles. The molecule has 0 radical (unpaired) electrons. The highest BCUT2D eigenvalue weighted by Crippen LogP contribution is 2.03. The van der Waals surface area contributed by atoms with Gasteiger partial charge < -0.3 is 4.90 Å². The summed E-state index contributed by atoms with van der Waals surface area (Å²) in [6, 6.07) is 3.82. The van der Waals surface area contributed by atoms with Gasteiger partial charge in [0.05, 0.1) is 6.26 Å². The van der Waals surface area contributed by atoms with Crippen LogP contribution in [0.1, 0.15) is 12.0 Å². The van der Waals surface area contributed by atoms with Crippen LogP contribution in [0, 0.1) is 0 Å². The quantitative estimate of drug-likeness (QED) is 0.633. The zero-order valence-corrected chi connectivity index (χ0v) is 13.9. The Hall–Kier alpha value is -1.73. The molecule has 22 heavy (non-hydrogen) atoms. The van der Waals surface area contributed by atoms with Crippen LogP contribution in [0.4, 0.5) is 0 Å². The number of aromatic nitrogens is 1. The first-order valence-electron chi connectivity index (χ1n) is 7.03. The second-order valence-electron chi connectivity index (χ2n) is 5.08. The van der Waals surface area contributed by atoms with Crippen LogP contribution in [0.15, 0.2) is 37.2 Å². The third-order valence-corrected chi connectivity index (χ3v) is 4.56. The maximum absolute atomic E-state index is 12.1. The van der Waals surface area contributed by atoms with Crippen LogP contribution >= 0.6 is 0 Å². The molecule has 0 aliphatic rings. The molecule has 0 saturated heterocycles. The summed E-state index contributed by atoms with van der Waals surface area (Å²) in [4.78, 5) is 17.6. The Morgan fingerprint density at radius 1 is 1.32 bits per heavy atom. The molecule has 0 fully saturated rings. The maximum atomic E-state index is 12.1. The fraction of sp³-hybridized carbons (Fsp3) is 0.467. The maximum Gasteiger partial charge on any atom is 0.223 e. The first-order chi connectivity index (χ1) is 10.3. The Balaban J connectivity index is 2.45. The number of carbonyl (C=O) groups is 1. The van der Waals surface area contributed by atoms with E-state index < -0.39 is 10.0 Å². The van der Waals surface area contributed by atoms with Crippen LogP contribution in [0.5, 0.6) is 0 Å². The van der Waals surface area contributed by atoms with E-state index >= 15 is 0 Å². The van der Waals surface area contributed by atoms with Gasteiger partial charge in [0.2, 0.25) is 15.9 Å². The molecule has 0 saturated carbocycles. The van der Waals surface area contributed by atoms with E-state index in [0.29, 0.717) is 6.54 Å². The normalized spacial score (nSPS) is 11.4. The van der Waals surface area contributed by atoms with E-state index in [1.807, 2.05) is 12.1 Å². The van der Waals surface area contributed by atoms with Gasteiger partial charge in [0.1, 0.15) is 0 Å². The number of hydrogen-bond acceptors (Lipinski definition) is 4. The smallest absolute Gasteiger partial charge is 0.223 e. The van der Waals surface area contributed by atoms with Crippen molar-refractivity contribution in [1.82, 2.24) is 14.2 Å². The summed E-state index contributed by atoms with van der Waals surface area (Å²) in [7, 11) is -1.60. The Morgan fingerprint density at radius 3 is 2.50 bits per heavy atom. The lowest BCUT2D eigenvalue weighted by Gasteiger charge is -2.21. The van der Waals surface area contributed by atoms with Gasteiger partial charge in [-0.2, -0.15) is 4.31 Å². The summed E-state index contributed by atoms with van der Waals surface area (Å²) >= 11 is 0. The molecular formula is C15H23N3O3S. The summed E-state index contributed by atoms with van der Waals surface area (Å²) in [6.45, 7) is 4.50. The van der Waals surface area contributed by atoms with Gasteiger partial charge in [0, 0.05) is 45.5 Å². The summed E-state index contributed by atoms with van der Waals surface area (Å²) in [5, 5.41) is 0. The second-order valence-corrected chi connectivity index (χ2v) is 7.06. The molecule has 0 N–H and O–H groups in total. The topological polar surface area (TPSA) is 70.6 Å². The summed E-state index contributed by atoms with van der Waals surface area (Å²) in [5.74, 6) is -0.0771. The minimum Gasteiger partial charge on any atom is -0.345 e. The first-order valence-corrected chi connectivity index (χ1v) is 8.88. The molecule has 1 aromatic rings. The van der Waals surface area contributed by atoms with Crippen molar-refractivity contribution in [2.75, 3.05) is 32.9 Å². The molecule has 0 aliphatic carbocycles. The summed E-state index contributed by atoms with van der Waals surface area (Å²) in [5.41, 5.74) is 1.11. The molecule has 6 nitrogen and oxygen atoms in total. The average molecular weight is 325 g/mol. The van der Waals surface area contributed by atoms with Crippen LogP contribution < -0.4 is 0 Å². The summed E-state index contributed by atoms with van der Waals surface area (Å²) < 4.78 is 24.4. The molecule has 1 heterocycles. The lowest BCUT2D eigenvalue weighted by atomic mass is 10.2. The second kappa shape index (κ2) is 8.65. The van der Waals surface area contributed by atoms with Crippen LogP contribution in [0.25, 0.3) is 0 Å². The SMILES string of the molecule is C=CCN(CCC(=O)N(C)CCc1ccncc1)S(C)(=O)=O. The molecule has 0 bridgehead atoms. The van der Waals surface area contributed by atoms with Gasteiger partial charge in [-0.05, 0) is 24.1 Å². The Morgan fingerprint density at radius 2 is 1.95 bits per heavy atom.